The van der Waals surface area contributed by atoms with Crippen LogP contribution in [0.1, 0.15) is 40.0 Å². The van der Waals surface area contributed by atoms with Crippen LogP contribution in [0.15, 0.2) is 0 Å². The summed E-state index contributed by atoms with van der Waals surface area (Å²) in [5, 5.41) is 9.04. The van der Waals surface area contributed by atoms with Crippen molar-refractivity contribution in [3.05, 3.63) is 0 Å². The van der Waals surface area contributed by atoms with E-state index in [4.69, 9.17) is 5.11 Å². The first-order valence-corrected chi connectivity index (χ1v) is 6.40. The highest BCUT2D eigenvalue weighted by Crippen LogP contribution is 2.22. The van der Waals surface area contributed by atoms with Crippen molar-refractivity contribution >= 4 is 11.9 Å². The van der Waals surface area contributed by atoms with E-state index in [0.717, 1.165) is 6.42 Å². The molecule has 1 heterocycles. The predicted octanol–water partition coefficient (Wildman–Crippen LogP) is 1.99. The van der Waals surface area contributed by atoms with Crippen molar-refractivity contribution in [1.29, 1.82) is 0 Å². The first-order chi connectivity index (χ1) is 7.90. The summed E-state index contributed by atoms with van der Waals surface area (Å²) < 4.78 is 0. The highest BCUT2D eigenvalue weighted by Gasteiger charge is 2.31. The molecule has 0 aromatic heterocycles. The van der Waals surface area contributed by atoms with Gasteiger partial charge in [-0.2, -0.15) is 0 Å². The van der Waals surface area contributed by atoms with Crippen molar-refractivity contribution in [2.75, 3.05) is 13.1 Å². The quantitative estimate of drug-likeness (QED) is 0.819. The summed E-state index contributed by atoms with van der Waals surface area (Å²) in [4.78, 5) is 24.7. The van der Waals surface area contributed by atoms with Gasteiger partial charge in [0.15, 0.2) is 0 Å². The van der Waals surface area contributed by atoms with Gasteiger partial charge in [0.2, 0.25) is 5.91 Å². The van der Waals surface area contributed by atoms with E-state index >= 15 is 0 Å². The number of aliphatic carboxylic acids is 1. The first-order valence-electron chi connectivity index (χ1n) is 6.40. The van der Waals surface area contributed by atoms with Crippen molar-refractivity contribution in [2.45, 2.75) is 40.0 Å². The van der Waals surface area contributed by atoms with Crippen LogP contribution in [0.3, 0.4) is 0 Å². The molecule has 0 bridgehead atoms. The van der Waals surface area contributed by atoms with Crippen LogP contribution in [0.2, 0.25) is 0 Å². The lowest BCUT2D eigenvalue weighted by atomic mass is 9.90. The summed E-state index contributed by atoms with van der Waals surface area (Å²) in [5.41, 5.74) is 0. The molecule has 1 saturated heterocycles. The molecule has 0 aromatic carbocycles. The molecule has 2 atom stereocenters. The third-order valence-corrected chi connectivity index (χ3v) is 3.30. The number of carboxylic acids is 1. The molecule has 1 rings (SSSR count). The summed E-state index contributed by atoms with van der Waals surface area (Å²) in [6, 6.07) is 0. The van der Waals surface area contributed by atoms with Gasteiger partial charge >= 0.3 is 5.97 Å². The standard InChI is InChI=1S/C13H23NO3/c1-9(2)4-5-12(15)14-7-10(3)6-11(8-14)13(16)17/h9-11H,4-8H2,1-3H3,(H,16,17). The lowest BCUT2D eigenvalue weighted by Crippen LogP contribution is -2.45. The number of hydrogen-bond donors (Lipinski definition) is 1. The first kappa shape index (κ1) is 14.0. The number of likely N-dealkylation sites (tertiary alicyclic amines) is 1. The molecule has 4 nitrogen and oxygen atoms in total. The van der Waals surface area contributed by atoms with Gasteiger partial charge in [-0.1, -0.05) is 20.8 Å². The van der Waals surface area contributed by atoms with Crippen molar-refractivity contribution in [1.82, 2.24) is 4.90 Å². The van der Waals surface area contributed by atoms with E-state index in [9.17, 15) is 9.59 Å². The number of nitrogens with zero attached hydrogens (tertiary/aromatic N) is 1. The zero-order valence-electron chi connectivity index (χ0n) is 11.0. The molecule has 4 heteroatoms. The molecule has 0 saturated carbocycles. The van der Waals surface area contributed by atoms with Crippen LogP contribution < -0.4 is 0 Å². The van der Waals surface area contributed by atoms with Crippen molar-refractivity contribution < 1.29 is 14.7 Å². The van der Waals surface area contributed by atoms with Crippen LogP contribution in [-0.2, 0) is 9.59 Å². The van der Waals surface area contributed by atoms with Gasteiger partial charge in [0.05, 0.1) is 5.92 Å². The molecule has 17 heavy (non-hydrogen) atoms. The van der Waals surface area contributed by atoms with Gasteiger partial charge in [-0.15, -0.1) is 0 Å². The largest absolute Gasteiger partial charge is 0.481 e. The Bertz CT molecular complexity index is 288. The Morgan fingerprint density at radius 2 is 2.00 bits per heavy atom. The van der Waals surface area contributed by atoms with Gasteiger partial charge in [-0.05, 0) is 24.7 Å². The molecule has 1 amide bonds. The molecule has 1 aliphatic heterocycles. The summed E-state index contributed by atoms with van der Waals surface area (Å²) in [5.74, 6) is -0.263. The van der Waals surface area contributed by atoms with Crippen LogP contribution in [0.5, 0.6) is 0 Å². The Labute approximate surface area is 103 Å². The second-order valence-electron chi connectivity index (χ2n) is 5.61. The third-order valence-electron chi connectivity index (χ3n) is 3.30. The summed E-state index contributed by atoms with van der Waals surface area (Å²) in [6.07, 6.45) is 2.10. The van der Waals surface area contributed by atoms with Gasteiger partial charge in [-0.3, -0.25) is 9.59 Å². The summed E-state index contributed by atoms with van der Waals surface area (Å²) >= 11 is 0. The van der Waals surface area contributed by atoms with Gasteiger partial charge in [0.1, 0.15) is 0 Å². The predicted molar refractivity (Wildman–Crippen MR) is 65.6 cm³/mol. The van der Waals surface area contributed by atoms with Crippen molar-refractivity contribution in [2.24, 2.45) is 17.8 Å². The molecular weight excluding hydrogens is 218 g/mol. The Morgan fingerprint density at radius 1 is 1.35 bits per heavy atom. The van der Waals surface area contributed by atoms with Crippen LogP contribution in [0.25, 0.3) is 0 Å². The molecular formula is C13H23NO3. The zero-order chi connectivity index (χ0) is 13.0. The number of rotatable bonds is 4. The number of carboxylic acid groups (broad SMARTS) is 1. The number of carbonyl (C=O) groups excluding carboxylic acids is 1. The molecule has 0 spiro atoms. The maximum atomic E-state index is 11.9. The highest BCUT2D eigenvalue weighted by molar-refractivity contribution is 5.78. The molecule has 0 aliphatic carbocycles. The number of hydrogen-bond acceptors (Lipinski definition) is 2. The molecule has 0 aromatic rings. The van der Waals surface area contributed by atoms with E-state index in [0.29, 0.717) is 31.8 Å². The Hall–Kier alpha value is -1.06. The highest BCUT2D eigenvalue weighted by atomic mass is 16.4. The third kappa shape index (κ3) is 4.36. The zero-order valence-corrected chi connectivity index (χ0v) is 11.0. The lowest BCUT2D eigenvalue weighted by molar-refractivity contribution is -0.147. The van der Waals surface area contributed by atoms with E-state index in [-0.39, 0.29) is 17.7 Å². The van der Waals surface area contributed by atoms with E-state index in [1.807, 2.05) is 6.92 Å². The molecule has 1 aliphatic rings. The van der Waals surface area contributed by atoms with Gasteiger partial charge < -0.3 is 10.0 Å². The smallest absolute Gasteiger partial charge is 0.308 e. The van der Waals surface area contributed by atoms with Crippen molar-refractivity contribution in [3.8, 4) is 0 Å². The lowest BCUT2D eigenvalue weighted by Gasteiger charge is -2.34. The van der Waals surface area contributed by atoms with Crippen LogP contribution >= 0.6 is 0 Å². The average molecular weight is 241 g/mol. The topological polar surface area (TPSA) is 57.6 Å². The molecule has 98 valence electrons. The number of amides is 1. The minimum atomic E-state index is -0.779. The number of carbonyl (C=O) groups is 2. The molecule has 1 N–H and O–H groups in total. The van der Waals surface area contributed by atoms with Gasteiger partial charge in [-0.25, -0.2) is 0 Å². The van der Waals surface area contributed by atoms with Crippen molar-refractivity contribution in [3.63, 3.8) is 0 Å². The minimum absolute atomic E-state index is 0.108. The van der Waals surface area contributed by atoms with Crippen LogP contribution in [0.4, 0.5) is 0 Å². The van der Waals surface area contributed by atoms with E-state index in [2.05, 4.69) is 13.8 Å². The Balaban J connectivity index is 2.52. The van der Waals surface area contributed by atoms with E-state index in [1.54, 1.807) is 4.90 Å². The molecule has 0 radical (unpaired) electrons. The molecule has 1 fully saturated rings. The fraction of sp³-hybridized carbons (Fsp3) is 0.846. The van der Waals surface area contributed by atoms with Gasteiger partial charge in [0.25, 0.3) is 0 Å². The normalized spacial score (nSPS) is 25.1. The minimum Gasteiger partial charge on any atom is -0.481 e. The van der Waals surface area contributed by atoms with E-state index < -0.39 is 5.97 Å². The fourth-order valence-corrected chi connectivity index (χ4v) is 2.30. The van der Waals surface area contributed by atoms with Crippen LogP contribution in [-0.4, -0.2) is 35.0 Å². The summed E-state index contributed by atoms with van der Waals surface area (Å²) in [7, 11) is 0. The Kier molecular flexibility index (Phi) is 4.97. The monoisotopic (exact) mass is 241 g/mol. The second-order valence-corrected chi connectivity index (χ2v) is 5.61. The maximum absolute atomic E-state index is 11.9. The average Bonchev–Trinajstić information content (AvgIpc) is 2.24. The molecule has 2 unspecified atom stereocenters. The number of piperidine rings is 1. The SMILES string of the molecule is CC(C)CCC(=O)N1CC(C)CC(C(=O)O)C1. The fourth-order valence-electron chi connectivity index (χ4n) is 2.30. The van der Waals surface area contributed by atoms with Gasteiger partial charge in [0, 0.05) is 19.5 Å². The maximum Gasteiger partial charge on any atom is 0.308 e. The Morgan fingerprint density at radius 3 is 2.53 bits per heavy atom. The van der Waals surface area contributed by atoms with Crippen LogP contribution in [0, 0.1) is 17.8 Å². The second kappa shape index (κ2) is 6.03. The summed E-state index contributed by atoms with van der Waals surface area (Å²) in [6.45, 7) is 7.29. The van der Waals surface area contributed by atoms with E-state index in [1.165, 1.54) is 0 Å².